The average molecular weight is 329 g/mol. The highest BCUT2D eigenvalue weighted by atomic mass is 16.5. The summed E-state index contributed by atoms with van der Waals surface area (Å²) in [5.41, 5.74) is 1.38. The van der Waals surface area contributed by atoms with Crippen LogP contribution in [0, 0.1) is 0 Å². The van der Waals surface area contributed by atoms with Crippen LogP contribution in [0.2, 0.25) is 0 Å². The lowest BCUT2D eigenvalue weighted by Gasteiger charge is -2.43. The summed E-state index contributed by atoms with van der Waals surface area (Å²) < 4.78 is 5.80. The molecule has 3 saturated heterocycles. The third-order valence-electron chi connectivity index (χ3n) is 5.99. The van der Waals surface area contributed by atoms with Crippen LogP contribution < -0.4 is 4.90 Å². The fraction of sp³-hybridized carbons (Fsp3) is 0.700. The van der Waals surface area contributed by atoms with Gasteiger partial charge in [0.2, 0.25) is 0 Å². The molecule has 0 saturated carbocycles. The van der Waals surface area contributed by atoms with Crippen LogP contribution in [0.25, 0.3) is 0 Å². The van der Waals surface area contributed by atoms with Crippen molar-refractivity contribution in [2.75, 3.05) is 57.3 Å². The van der Waals surface area contributed by atoms with E-state index < -0.39 is 0 Å². The molecule has 0 unspecified atom stereocenters. The van der Waals surface area contributed by atoms with Crippen molar-refractivity contribution in [1.82, 2.24) is 9.80 Å². The van der Waals surface area contributed by atoms with Gasteiger partial charge in [0.1, 0.15) is 0 Å². The average Bonchev–Trinajstić information content (AvgIpc) is 3.16. The van der Waals surface area contributed by atoms with E-state index >= 15 is 0 Å². The molecule has 1 aromatic carbocycles. The highest BCUT2D eigenvalue weighted by molar-refractivity contribution is 5.46. The number of rotatable bonds is 4. The second-order valence-electron chi connectivity index (χ2n) is 7.53. The summed E-state index contributed by atoms with van der Waals surface area (Å²) in [7, 11) is 0. The molecule has 0 aliphatic carbocycles. The Kier molecular flexibility index (Phi) is 5.36. The van der Waals surface area contributed by atoms with Crippen LogP contribution in [0.4, 0.5) is 5.69 Å². The Morgan fingerprint density at radius 3 is 2.29 bits per heavy atom. The maximum Gasteiger partial charge on any atom is 0.0702 e. The van der Waals surface area contributed by atoms with Gasteiger partial charge in [-0.15, -0.1) is 0 Å². The van der Waals surface area contributed by atoms with Crippen LogP contribution >= 0.6 is 0 Å². The Morgan fingerprint density at radius 1 is 0.875 bits per heavy atom. The highest BCUT2D eigenvalue weighted by Crippen LogP contribution is 2.22. The molecule has 24 heavy (non-hydrogen) atoms. The molecule has 3 aliphatic rings. The Hall–Kier alpha value is -1.10. The second-order valence-corrected chi connectivity index (χ2v) is 7.53. The number of piperazine rings is 1. The van der Waals surface area contributed by atoms with Gasteiger partial charge in [-0.25, -0.2) is 0 Å². The summed E-state index contributed by atoms with van der Waals surface area (Å²) in [4.78, 5) is 7.90. The van der Waals surface area contributed by atoms with Crippen molar-refractivity contribution < 1.29 is 4.74 Å². The molecule has 1 atom stereocenters. The van der Waals surface area contributed by atoms with E-state index in [2.05, 4.69) is 45.0 Å². The summed E-state index contributed by atoms with van der Waals surface area (Å²) in [6, 6.07) is 11.7. The molecule has 4 nitrogen and oxygen atoms in total. The fourth-order valence-electron chi connectivity index (χ4n) is 4.53. The van der Waals surface area contributed by atoms with Gasteiger partial charge in [-0.05, 0) is 50.9 Å². The molecular weight excluding hydrogens is 298 g/mol. The van der Waals surface area contributed by atoms with E-state index in [9.17, 15) is 0 Å². The number of anilines is 1. The monoisotopic (exact) mass is 329 g/mol. The summed E-state index contributed by atoms with van der Waals surface area (Å²) in [5.74, 6) is 0. The van der Waals surface area contributed by atoms with Crippen molar-refractivity contribution in [3.8, 4) is 0 Å². The normalized spacial score (nSPS) is 27.7. The summed E-state index contributed by atoms with van der Waals surface area (Å²) in [6.07, 6.45) is 5.69. The van der Waals surface area contributed by atoms with Crippen LogP contribution in [0.5, 0.6) is 0 Å². The minimum atomic E-state index is 0.510. The number of piperidine rings is 1. The zero-order valence-corrected chi connectivity index (χ0v) is 14.8. The van der Waals surface area contributed by atoms with E-state index in [1.165, 1.54) is 70.6 Å². The molecule has 0 aromatic heterocycles. The first kappa shape index (κ1) is 16.4. The molecule has 4 heteroatoms. The minimum absolute atomic E-state index is 0.510. The maximum absolute atomic E-state index is 5.80. The summed E-state index contributed by atoms with van der Waals surface area (Å²) in [5, 5.41) is 0. The van der Waals surface area contributed by atoms with E-state index in [1.54, 1.807) is 0 Å². The van der Waals surface area contributed by atoms with Gasteiger partial charge in [-0.3, -0.25) is 4.90 Å². The zero-order valence-electron chi connectivity index (χ0n) is 14.8. The van der Waals surface area contributed by atoms with E-state index in [1.807, 2.05) is 0 Å². The third-order valence-corrected chi connectivity index (χ3v) is 5.99. The quantitative estimate of drug-likeness (QED) is 0.844. The third kappa shape index (κ3) is 3.93. The summed E-state index contributed by atoms with van der Waals surface area (Å²) >= 11 is 0. The Bertz CT molecular complexity index is 487. The van der Waals surface area contributed by atoms with E-state index in [-0.39, 0.29) is 0 Å². The number of benzene rings is 1. The van der Waals surface area contributed by atoms with Crippen molar-refractivity contribution in [3.05, 3.63) is 30.3 Å². The van der Waals surface area contributed by atoms with Gasteiger partial charge in [0.15, 0.2) is 0 Å². The zero-order chi connectivity index (χ0) is 16.2. The van der Waals surface area contributed by atoms with Crippen molar-refractivity contribution in [3.63, 3.8) is 0 Å². The van der Waals surface area contributed by atoms with Gasteiger partial charge >= 0.3 is 0 Å². The lowest BCUT2D eigenvalue weighted by Crippen LogP contribution is -2.53. The number of hydrogen-bond acceptors (Lipinski definition) is 4. The van der Waals surface area contributed by atoms with Crippen molar-refractivity contribution in [2.45, 2.75) is 37.8 Å². The van der Waals surface area contributed by atoms with Crippen LogP contribution in [0.3, 0.4) is 0 Å². The van der Waals surface area contributed by atoms with Crippen LogP contribution in [0.15, 0.2) is 30.3 Å². The van der Waals surface area contributed by atoms with Crippen molar-refractivity contribution in [2.24, 2.45) is 0 Å². The lowest BCUT2D eigenvalue weighted by molar-refractivity contribution is 0.0470. The predicted octanol–water partition coefficient (Wildman–Crippen LogP) is 2.45. The minimum Gasteiger partial charge on any atom is -0.377 e. The molecule has 4 rings (SSSR count). The van der Waals surface area contributed by atoms with Gasteiger partial charge in [0, 0.05) is 51.1 Å². The first-order valence-corrected chi connectivity index (χ1v) is 9.76. The number of para-hydroxylation sites is 1. The maximum atomic E-state index is 5.80. The Labute approximate surface area is 146 Å². The lowest BCUT2D eigenvalue weighted by atomic mass is 10.0. The molecule has 0 N–H and O–H groups in total. The summed E-state index contributed by atoms with van der Waals surface area (Å²) in [6.45, 7) is 9.41. The molecule has 3 heterocycles. The van der Waals surface area contributed by atoms with Crippen molar-refractivity contribution >= 4 is 5.69 Å². The number of nitrogens with zero attached hydrogens (tertiary/aromatic N) is 3. The van der Waals surface area contributed by atoms with Gasteiger partial charge < -0.3 is 14.5 Å². The van der Waals surface area contributed by atoms with Crippen LogP contribution in [0.1, 0.15) is 25.7 Å². The topological polar surface area (TPSA) is 19.0 Å². The van der Waals surface area contributed by atoms with Crippen LogP contribution in [-0.4, -0.2) is 74.4 Å². The highest BCUT2D eigenvalue weighted by Gasteiger charge is 2.29. The molecule has 3 aliphatic heterocycles. The van der Waals surface area contributed by atoms with E-state index in [4.69, 9.17) is 4.74 Å². The van der Waals surface area contributed by atoms with E-state index in [0.717, 1.165) is 19.2 Å². The molecule has 1 aromatic rings. The van der Waals surface area contributed by atoms with Gasteiger partial charge in [-0.2, -0.15) is 0 Å². The van der Waals surface area contributed by atoms with Crippen molar-refractivity contribution in [1.29, 1.82) is 0 Å². The first-order chi connectivity index (χ1) is 11.9. The van der Waals surface area contributed by atoms with Gasteiger partial charge in [0.05, 0.1) is 6.10 Å². The standard InChI is InChI=1S/C20H31N3O/c1-2-5-18(6-3-1)22-12-14-23(15-13-22)19-8-10-21(11-9-19)17-20-7-4-16-24-20/h1-3,5-6,19-20H,4,7-17H2/t20-/m1/s1. The number of likely N-dealkylation sites (tertiary alicyclic amines) is 1. The Balaban J connectivity index is 1.21. The Morgan fingerprint density at radius 2 is 1.62 bits per heavy atom. The smallest absolute Gasteiger partial charge is 0.0702 e. The molecule has 0 amide bonds. The second kappa shape index (κ2) is 7.85. The molecule has 0 radical (unpaired) electrons. The SMILES string of the molecule is c1ccc(N2CCN(C3CCN(C[C@H]4CCCO4)CC3)CC2)cc1. The van der Waals surface area contributed by atoms with Gasteiger partial charge in [0.25, 0.3) is 0 Å². The molecule has 0 spiro atoms. The predicted molar refractivity (Wildman–Crippen MR) is 98.7 cm³/mol. The molecular formula is C20H31N3O. The number of ether oxygens (including phenoxy) is 1. The molecule has 3 fully saturated rings. The van der Waals surface area contributed by atoms with Gasteiger partial charge in [-0.1, -0.05) is 18.2 Å². The fourth-order valence-corrected chi connectivity index (χ4v) is 4.53. The first-order valence-electron chi connectivity index (χ1n) is 9.76. The number of hydrogen-bond donors (Lipinski definition) is 0. The van der Waals surface area contributed by atoms with E-state index in [0.29, 0.717) is 6.10 Å². The molecule has 0 bridgehead atoms. The van der Waals surface area contributed by atoms with Crippen LogP contribution in [-0.2, 0) is 4.74 Å². The molecule has 132 valence electrons. The largest absolute Gasteiger partial charge is 0.377 e.